The number of benzene rings is 8. The number of aryl methyl sites for hydroxylation is 6. The van der Waals surface area contributed by atoms with Crippen molar-refractivity contribution < 1.29 is 104 Å². The number of esters is 1. The molecular formula is C113H124F15N7O8S5. The number of thioether (sulfide) groups is 5. The lowest BCUT2D eigenvalue weighted by atomic mass is 9.83. The van der Waals surface area contributed by atoms with Crippen molar-refractivity contribution in [1.82, 2.24) is 13.7 Å². The Labute approximate surface area is 875 Å². The molecule has 0 bridgehead atoms. The number of carbonyl (C=O) groups excluding carboxylic acids is 4. The summed E-state index contributed by atoms with van der Waals surface area (Å²) in [5.41, 5.74) is 20.4. The summed E-state index contributed by atoms with van der Waals surface area (Å²) < 4.78 is 227. The van der Waals surface area contributed by atoms with Gasteiger partial charge in [0.05, 0.1) is 47.4 Å². The van der Waals surface area contributed by atoms with Gasteiger partial charge in [0.15, 0.2) is 11.9 Å². The van der Waals surface area contributed by atoms with Crippen LogP contribution in [0.15, 0.2) is 170 Å². The van der Waals surface area contributed by atoms with Crippen LogP contribution in [0.2, 0.25) is 0 Å². The zero-order valence-corrected chi connectivity index (χ0v) is 88.4. The van der Waals surface area contributed by atoms with Gasteiger partial charge < -0.3 is 44.5 Å². The van der Waals surface area contributed by atoms with Crippen LogP contribution in [0.3, 0.4) is 0 Å². The highest BCUT2D eigenvalue weighted by Gasteiger charge is 2.40. The zero-order chi connectivity index (χ0) is 107. The summed E-state index contributed by atoms with van der Waals surface area (Å²) in [5.74, 6) is -0.740. The summed E-state index contributed by atoms with van der Waals surface area (Å²) in [7, 11) is 0. The molecule has 7 aliphatic rings. The third-order valence-electron chi connectivity index (χ3n) is 25.3. The molecule has 794 valence electrons. The van der Waals surface area contributed by atoms with Crippen LogP contribution in [-0.2, 0) is 29.4 Å². The minimum atomic E-state index is -1.39. The minimum absolute atomic E-state index is 0.00129. The van der Waals surface area contributed by atoms with Crippen LogP contribution in [0.25, 0.3) is 33.8 Å². The van der Waals surface area contributed by atoms with Gasteiger partial charge >= 0.3 is 18.2 Å². The molecule has 11 aromatic rings. The van der Waals surface area contributed by atoms with Gasteiger partial charge in [-0.25, -0.2) is 75.4 Å². The van der Waals surface area contributed by atoms with Crippen molar-refractivity contribution in [3.05, 3.63) is 330 Å². The molecule has 3 aromatic heterocycles. The van der Waals surface area contributed by atoms with Crippen LogP contribution >= 0.6 is 58.8 Å². The molecule has 35 heteroatoms. The van der Waals surface area contributed by atoms with E-state index in [4.69, 9.17) is 25.7 Å². The maximum Gasteiger partial charge on any atom is 0.411 e. The highest BCUT2D eigenvalue weighted by molar-refractivity contribution is 8.00. The summed E-state index contributed by atoms with van der Waals surface area (Å²) in [6.45, 7) is 21.0. The number of aromatic nitrogens is 3. The Kier molecular flexibility index (Phi) is 43.9. The number of amides is 2. The van der Waals surface area contributed by atoms with E-state index in [0.29, 0.717) is 77.7 Å². The first-order chi connectivity index (χ1) is 70.4. The van der Waals surface area contributed by atoms with Crippen LogP contribution in [0.4, 0.5) is 98.2 Å². The SMILES string of the molecule is CC(=O)[C@H]1CC(c2ccc(C3CCCCC3)c(F)c2)C(=O)O1.CC(C)COC(=O)Nc1cc(F)c(C2=CCSCC2)c(F)c1.CC(C)COC(=O)Nc1cc(F)c(C2CCSCC2)c(F)c1.Cc1ccc(C)n1-c1cc(F)c(C2(O)CCSCC2)c(F)c1.Cc1ccc(C)n1-c1cc(F)c(C2=CCSCC2)c(F)c1.Cc1ccc(C)n1-c1cc(F)cc(F)c1.Nc1cc(F)c(C2=CCSCC2)c(F)c1.Nc1cc(F)cc(F)c1. The van der Waals surface area contributed by atoms with E-state index in [2.05, 4.69) is 10.6 Å². The zero-order valence-electron chi connectivity index (χ0n) is 84.3. The molecule has 0 spiro atoms. The normalized spacial score (nSPS) is 16.5. The topological polar surface area (TPSA) is 207 Å². The average Bonchev–Trinajstić information content (AvgIpc) is 1.31. The number of nitrogens with zero attached hydrogens (tertiary/aromatic N) is 3. The number of nitrogens with one attached hydrogen (secondary N) is 2. The molecule has 1 saturated carbocycles. The summed E-state index contributed by atoms with van der Waals surface area (Å²) in [6.07, 6.45) is 13.9. The highest BCUT2D eigenvalue weighted by atomic mass is 32.2. The van der Waals surface area contributed by atoms with Crippen molar-refractivity contribution in [1.29, 1.82) is 0 Å². The number of cyclic esters (lactones) is 1. The van der Waals surface area contributed by atoms with E-state index < -0.39 is 117 Å². The maximum absolute atomic E-state index is 14.6. The Hall–Kier alpha value is -11.2. The highest BCUT2D eigenvalue weighted by Crippen LogP contribution is 2.44. The Morgan fingerprint density at radius 1 is 0.419 bits per heavy atom. The molecule has 148 heavy (non-hydrogen) atoms. The van der Waals surface area contributed by atoms with Crippen molar-refractivity contribution in [3.63, 3.8) is 0 Å². The molecule has 18 rings (SSSR count). The van der Waals surface area contributed by atoms with Crippen molar-refractivity contribution in [3.8, 4) is 17.1 Å². The Morgan fingerprint density at radius 2 is 0.777 bits per heavy atom. The molecule has 1 unspecified atom stereocenters. The number of rotatable bonds is 17. The fourth-order valence-electron chi connectivity index (χ4n) is 18.1. The first kappa shape index (κ1) is 117. The van der Waals surface area contributed by atoms with Gasteiger partial charge in [-0.3, -0.25) is 20.2 Å². The predicted octanol–water partition coefficient (Wildman–Crippen LogP) is 30.3. The number of anilines is 4. The van der Waals surface area contributed by atoms with E-state index in [9.17, 15) is 90.1 Å². The molecular weight excluding hydrogens is 2030 g/mol. The Morgan fingerprint density at radius 3 is 1.14 bits per heavy atom. The number of hydrogen-bond acceptors (Lipinski definition) is 15. The lowest BCUT2D eigenvalue weighted by molar-refractivity contribution is -0.147. The molecule has 15 nitrogen and oxygen atoms in total. The second-order valence-corrected chi connectivity index (χ2v) is 43.5. The van der Waals surface area contributed by atoms with Crippen molar-refractivity contribution in [2.45, 2.75) is 189 Å². The van der Waals surface area contributed by atoms with Crippen LogP contribution in [0, 0.1) is 141 Å². The van der Waals surface area contributed by atoms with E-state index in [-0.39, 0.29) is 93.1 Å². The maximum atomic E-state index is 14.6. The largest absolute Gasteiger partial charge is 0.454 e. The number of Topliss-reactive ketones (excluding diaryl/α,β-unsaturated/α-hetero) is 1. The number of allylic oxidation sites excluding steroid dienone is 3. The second-order valence-electron chi connectivity index (χ2n) is 37.7. The Balaban J connectivity index is 0.000000162. The average molecular weight is 2150 g/mol. The van der Waals surface area contributed by atoms with Gasteiger partial charge in [-0.15, -0.1) is 0 Å². The standard InChI is InChI=1S/C18H21FO3.C17H19F2NOS.C17H17F2NS.C16H21F2NO2S.C16H19F2NO2S.C12H11F2N.C11H11F2NS.C6H5F2N/c1-11(20)17-10-15(18(21)22-17)13-7-8-14(16(19)9-13)12-5-3-2-4-6-12;1-11-3-4-12(2)20(11)13-9-14(18)16(15(19)10-13)17(21)5-7-22-8-6-17;1-11-3-4-12(2)20(11)14-9-15(18)17(16(19)10-14)13-5-7-21-8-6-13;2*1-10(2)9-21-16(20)19-12-7-13(17)15(14(18)8-12)11-3-5-22-6-4-11;1-8-3-4-9(2)15(8)12-6-10(13)5-11(14)7-12;12-9-5-8(14)6-10(13)11(9)7-1-3-15-4-2-7;7-4-1-5(8)3-6(9)2-4/h7-9,12,15,17H,2-6,10H2,1H3;3-4,9-10,21H,5-8H2,1-2H3;3-5,9-10H,6-8H2,1-2H3;7-8,10-11H,3-6,9H2,1-2H3,(H,19,20);3,7-8,10H,4-6,9H2,1-2H3,(H,19,20);3-7H,1-2H3;1,5-6H,2-4,14H2;1-3H,9H2/t15?,17-;;;;;;;/m1......./s1. The first-order valence-electron chi connectivity index (χ1n) is 48.9. The summed E-state index contributed by atoms with van der Waals surface area (Å²) in [4.78, 5) is 46.3. The summed E-state index contributed by atoms with van der Waals surface area (Å²) in [6, 6.07) is 35.4. The molecule has 0 radical (unpaired) electrons. The number of hydrogen-bond donors (Lipinski definition) is 5. The lowest BCUT2D eigenvalue weighted by Gasteiger charge is -2.33. The van der Waals surface area contributed by atoms with Crippen LogP contribution in [-0.4, -0.2) is 120 Å². The van der Waals surface area contributed by atoms with E-state index in [1.54, 1.807) is 63.4 Å². The van der Waals surface area contributed by atoms with Gasteiger partial charge in [0.2, 0.25) is 0 Å². The third kappa shape index (κ3) is 32.9. The number of aliphatic hydroxyl groups is 1. The van der Waals surface area contributed by atoms with Crippen molar-refractivity contribution >= 4 is 122 Å². The van der Waals surface area contributed by atoms with E-state index in [1.165, 1.54) is 67.9 Å². The van der Waals surface area contributed by atoms with E-state index >= 15 is 0 Å². The number of ketones is 1. The molecule has 6 aliphatic heterocycles. The van der Waals surface area contributed by atoms with E-state index in [0.717, 1.165) is 190 Å². The third-order valence-corrected chi connectivity index (χ3v) is 30.1. The number of ether oxygens (including phenoxy) is 3. The molecule has 3 saturated heterocycles. The van der Waals surface area contributed by atoms with Crippen molar-refractivity contribution in [2.24, 2.45) is 11.8 Å². The molecule has 2 atom stereocenters. The molecule has 8 aromatic carbocycles. The van der Waals surface area contributed by atoms with Gasteiger partial charge in [0, 0.05) is 115 Å². The number of halogens is 15. The van der Waals surface area contributed by atoms with Gasteiger partial charge in [-0.1, -0.05) is 77.3 Å². The Bertz CT molecular complexity index is 6320. The van der Waals surface area contributed by atoms with Crippen LogP contribution in [0.5, 0.6) is 0 Å². The van der Waals surface area contributed by atoms with Crippen LogP contribution in [0.1, 0.15) is 209 Å². The van der Waals surface area contributed by atoms with Gasteiger partial charge in [-0.2, -0.15) is 58.8 Å². The monoisotopic (exact) mass is 2150 g/mol. The fourth-order valence-corrected chi connectivity index (χ4v) is 22.9. The smallest absolute Gasteiger partial charge is 0.411 e. The predicted molar refractivity (Wildman–Crippen MR) is 569 cm³/mol. The van der Waals surface area contributed by atoms with Gasteiger partial charge in [0.25, 0.3) is 0 Å². The minimum Gasteiger partial charge on any atom is -0.454 e. The van der Waals surface area contributed by atoms with Gasteiger partial charge in [0.1, 0.15) is 87.3 Å². The molecule has 2 amide bonds. The van der Waals surface area contributed by atoms with E-state index in [1.807, 2.05) is 145 Å². The molecule has 1 aliphatic carbocycles. The molecule has 9 heterocycles. The molecule has 4 fully saturated rings. The van der Waals surface area contributed by atoms with Crippen molar-refractivity contribution in [2.75, 3.05) is 92.8 Å². The summed E-state index contributed by atoms with van der Waals surface area (Å²) >= 11 is 8.78. The number of nitrogens with two attached hydrogens (primary N) is 2. The molecule has 7 N–H and O–H groups in total. The quantitative estimate of drug-likeness (QED) is 0.0249. The lowest BCUT2D eigenvalue weighted by Crippen LogP contribution is -2.33. The number of carbonyl (C=O) groups is 4. The summed E-state index contributed by atoms with van der Waals surface area (Å²) in [5, 5.41) is 15.3. The first-order valence-corrected chi connectivity index (χ1v) is 54.6. The second kappa shape index (κ2) is 55.5. The number of nitrogen functional groups attached to an aromatic ring is 2. The van der Waals surface area contributed by atoms with Gasteiger partial charge in [-0.05, 0) is 325 Å². The fraction of sp³-hybridized carbons (Fsp3) is 0.381. The van der Waals surface area contributed by atoms with Crippen LogP contribution < -0.4 is 22.1 Å².